The smallest absolute Gasteiger partial charge is 0.277 e. The fourth-order valence-electron chi connectivity index (χ4n) is 2.54. The van der Waals surface area contributed by atoms with Crippen LogP contribution >= 0.6 is 0 Å². The molecule has 0 bridgehead atoms. The number of terminal acetylenes is 1. The zero-order chi connectivity index (χ0) is 21.6. The third-order valence-corrected chi connectivity index (χ3v) is 3.92. The molecule has 2 rings (SSSR count). The summed E-state index contributed by atoms with van der Waals surface area (Å²) in [4.78, 5) is 17.9. The van der Waals surface area contributed by atoms with Gasteiger partial charge in [0.05, 0.1) is 13.7 Å². The Balaban J connectivity index is 1.94. The monoisotopic (exact) mass is 407 g/mol. The van der Waals surface area contributed by atoms with Crippen molar-refractivity contribution >= 4 is 5.91 Å². The zero-order valence-corrected chi connectivity index (χ0v) is 17.1. The third kappa shape index (κ3) is 7.18. The van der Waals surface area contributed by atoms with E-state index in [1.807, 2.05) is 31.2 Å². The number of hydrogen-bond donors (Lipinski definition) is 1. The molecule has 0 aromatic heterocycles. The molecule has 2 aromatic rings. The molecule has 30 heavy (non-hydrogen) atoms. The highest BCUT2D eigenvalue weighted by atomic mass is 16.7. The minimum atomic E-state index is -0.864. The van der Waals surface area contributed by atoms with Gasteiger partial charge in [-0.15, -0.1) is 12.3 Å². The lowest BCUT2D eigenvalue weighted by atomic mass is 10.1. The van der Waals surface area contributed by atoms with E-state index in [2.05, 4.69) is 23.2 Å². The summed E-state index contributed by atoms with van der Waals surface area (Å²) in [6.07, 6.45) is 5.16. The Morgan fingerprint density at radius 1 is 1.10 bits per heavy atom. The number of hydroxylamine groups is 1. The molecule has 6 nitrogen and oxygen atoms in total. The highest BCUT2D eigenvalue weighted by Gasteiger charge is 2.21. The number of hydrogen-bond acceptors (Lipinski definition) is 5. The molecular formula is C24H25NO5. The van der Waals surface area contributed by atoms with Crippen molar-refractivity contribution in [3.05, 3.63) is 59.7 Å². The molecule has 0 aliphatic heterocycles. The van der Waals surface area contributed by atoms with Crippen LogP contribution in [0, 0.1) is 24.2 Å². The Labute approximate surface area is 177 Å². The van der Waals surface area contributed by atoms with Gasteiger partial charge in [-0.3, -0.25) is 9.63 Å². The standard InChI is InChI=1S/C24H25NO5/c1-4-6-10-16-28-21-14-13-19(17-22(21)27-3)18-30-25-24(26)23(29-15-5-2)20-11-8-7-9-12-20/h2,7-9,11-14,17,23H,4,15-16,18H2,1,3H3,(H,25,26). The molecule has 0 saturated heterocycles. The van der Waals surface area contributed by atoms with Gasteiger partial charge in [-0.2, -0.15) is 0 Å². The summed E-state index contributed by atoms with van der Waals surface area (Å²) < 4.78 is 16.4. The second-order valence-electron chi connectivity index (χ2n) is 6.04. The molecule has 0 aliphatic carbocycles. The maximum atomic E-state index is 12.5. The van der Waals surface area contributed by atoms with Gasteiger partial charge in [0.15, 0.2) is 17.6 Å². The van der Waals surface area contributed by atoms with Crippen LogP contribution < -0.4 is 15.0 Å². The van der Waals surface area contributed by atoms with E-state index in [-0.39, 0.29) is 19.8 Å². The van der Waals surface area contributed by atoms with Gasteiger partial charge in [0.1, 0.15) is 13.2 Å². The molecule has 1 unspecified atom stereocenters. The van der Waals surface area contributed by atoms with E-state index < -0.39 is 12.0 Å². The van der Waals surface area contributed by atoms with Crippen LogP contribution in [0.2, 0.25) is 0 Å². The fraction of sp³-hybridized carbons (Fsp3) is 0.292. The Morgan fingerprint density at radius 3 is 2.60 bits per heavy atom. The average molecular weight is 407 g/mol. The summed E-state index contributed by atoms with van der Waals surface area (Å²) in [6.45, 7) is 2.40. The van der Waals surface area contributed by atoms with Crippen molar-refractivity contribution in [2.24, 2.45) is 0 Å². The molecular weight excluding hydrogens is 382 g/mol. The Hall–Kier alpha value is -3.45. The van der Waals surface area contributed by atoms with Gasteiger partial charge in [-0.25, -0.2) is 5.48 Å². The van der Waals surface area contributed by atoms with E-state index in [1.165, 1.54) is 0 Å². The van der Waals surface area contributed by atoms with Crippen molar-refractivity contribution in [2.75, 3.05) is 20.3 Å². The molecule has 0 aliphatic rings. The lowest BCUT2D eigenvalue weighted by Gasteiger charge is -2.17. The van der Waals surface area contributed by atoms with Gasteiger partial charge in [-0.05, 0) is 23.3 Å². The van der Waals surface area contributed by atoms with Crippen molar-refractivity contribution < 1.29 is 23.8 Å². The highest BCUT2D eigenvalue weighted by Crippen LogP contribution is 2.28. The Kier molecular flexibility index (Phi) is 9.82. The van der Waals surface area contributed by atoms with Gasteiger partial charge < -0.3 is 14.2 Å². The Bertz CT molecular complexity index is 909. The van der Waals surface area contributed by atoms with E-state index in [9.17, 15) is 4.79 Å². The van der Waals surface area contributed by atoms with Gasteiger partial charge in [-0.1, -0.05) is 55.2 Å². The number of rotatable bonds is 10. The van der Waals surface area contributed by atoms with Gasteiger partial charge >= 0.3 is 0 Å². The van der Waals surface area contributed by atoms with E-state index >= 15 is 0 Å². The number of methoxy groups -OCH3 is 1. The molecule has 6 heteroatoms. The number of ether oxygens (including phenoxy) is 3. The van der Waals surface area contributed by atoms with E-state index in [0.29, 0.717) is 17.1 Å². The second kappa shape index (κ2) is 12.9. The number of nitrogens with one attached hydrogen (secondary N) is 1. The summed E-state index contributed by atoms with van der Waals surface area (Å²) in [5, 5.41) is 0. The Morgan fingerprint density at radius 2 is 1.90 bits per heavy atom. The maximum Gasteiger partial charge on any atom is 0.277 e. The predicted molar refractivity (Wildman–Crippen MR) is 113 cm³/mol. The lowest BCUT2D eigenvalue weighted by Crippen LogP contribution is -2.31. The van der Waals surface area contributed by atoms with Crippen LogP contribution in [0.1, 0.15) is 30.6 Å². The lowest BCUT2D eigenvalue weighted by molar-refractivity contribution is -0.146. The minimum Gasteiger partial charge on any atom is -0.493 e. The second-order valence-corrected chi connectivity index (χ2v) is 6.04. The topological polar surface area (TPSA) is 66.0 Å². The molecule has 1 amide bonds. The van der Waals surface area contributed by atoms with Crippen molar-refractivity contribution in [2.45, 2.75) is 26.1 Å². The van der Waals surface area contributed by atoms with Crippen LogP contribution in [0.25, 0.3) is 0 Å². The average Bonchev–Trinajstić information content (AvgIpc) is 2.78. The first kappa shape index (κ1) is 22.8. The predicted octanol–water partition coefficient (Wildman–Crippen LogP) is 3.43. The number of carbonyl (C=O) groups excluding carboxylic acids is 1. The van der Waals surface area contributed by atoms with E-state index in [4.69, 9.17) is 25.5 Å². The molecule has 0 saturated carbocycles. The normalized spacial score (nSPS) is 10.8. The van der Waals surface area contributed by atoms with Gasteiger partial charge in [0.25, 0.3) is 5.91 Å². The summed E-state index contributed by atoms with van der Waals surface area (Å²) in [5.74, 6) is 8.91. The third-order valence-electron chi connectivity index (χ3n) is 3.92. The molecule has 0 heterocycles. The summed E-state index contributed by atoms with van der Waals surface area (Å²) in [5.41, 5.74) is 3.89. The maximum absolute atomic E-state index is 12.5. The summed E-state index contributed by atoms with van der Waals surface area (Å²) >= 11 is 0. The molecule has 1 N–H and O–H groups in total. The van der Waals surface area contributed by atoms with Crippen LogP contribution in [-0.4, -0.2) is 26.2 Å². The van der Waals surface area contributed by atoms with Crippen LogP contribution in [0.5, 0.6) is 11.5 Å². The zero-order valence-electron chi connectivity index (χ0n) is 17.1. The van der Waals surface area contributed by atoms with Crippen molar-refractivity contribution in [1.29, 1.82) is 0 Å². The van der Waals surface area contributed by atoms with Crippen LogP contribution in [0.3, 0.4) is 0 Å². The van der Waals surface area contributed by atoms with Crippen molar-refractivity contribution in [1.82, 2.24) is 5.48 Å². The minimum absolute atomic E-state index is 0.00821. The van der Waals surface area contributed by atoms with Gasteiger partial charge in [0, 0.05) is 6.42 Å². The van der Waals surface area contributed by atoms with Crippen molar-refractivity contribution in [3.8, 4) is 35.7 Å². The van der Waals surface area contributed by atoms with E-state index in [1.54, 1.807) is 31.4 Å². The first-order chi connectivity index (χ1) is 14.7. The van der Waals surface area contributed by atoms with Crippen LogP contribution in [-0.2, 0) is 21.0 Å². The molecule has 156 valence electrons. The fourth-order valence-corrected chi connectivity index (χ4v) is 2.54. The van der Waals surface area contributed by atoms with Crippen LogP contribution in [0.4, 0.5) is 0 Å². The molecule has 2 aromatic carbocycles. The number of carbonyl (C=O) groups is 1. The largest absolute Gasteiger partial charge is 0.493 e. The number of benzene rings is 2. The number of amides is 1. The molecule has 1 atom stereocenters. The summed E-state index contributed by atoms with van der Waals surface area (Å²) in [6, 6.07) is 14.4. The highest BCUT2D eigenvalue weighted by molar-refractivity contribution is 5.81. The molecule has 0 radical (unpaired) electrons. The van der Waals surface area contributed by atoms with E-state index in [0.717, 1.165) is 12.0 Å². The quantitative estimate of drug-likeness (QED) is 0.483. The van der Waals surface area contributed by atoms with Crippen molar-refractivity contribution in [3.63, 3.8) is 0 Å². The summed E-state index contributed by atoms with van der Waals surface area (Å²) in [7, 11) is 1.56. The molecule has 0 spiro atoms. The molecule has 0 fully saturated rings. The first-order valence-corrected chi connectivity index (χ1v) is 9.46. The first-order valence-electron chi connectivity index (χ1n) is 9.46. The van der Waals surface area contributed by atoms with Gasteiger partial charge in [0.2, 0.25) is 0 Å². The SMILES string of the molecule is C#CCOC(C(=O)NOCc1ccc(OCC#CCC)c(OC)c1)c1ccccc1. The van der Waals surface area contributed by atoms with Crippen LogP contribution in [0.15, 0.2) is 48.5 Å².